The van der Waals surface area contributed by atoms with Crippen molar-refractivity contribution >= 4 is 11.8 Å². The average Bonchev–Trinajstić information content (AvgIpc) is 2.75. The number of nitrogens with one attached hydrogen (secondary N) is 2. The van der Waals surface area contributed by atoms with E-state index in [4.69, 9.17) is 4.74 Å². The van der Waals surface area contributed by atoms with Gasteiger partial charge in [0.05, 0.1) is 25.3 Å². The molecule has 0 saturated carbocycles. The summed E-state index contributed by atoms with van der Waals surface area (Å²) in [5, 5.41) is 4.96. The molecule has 0 saturated heterocycles. The number of ether oxygens (including phenoxy) is 1. The van der Waals surface area contributed by atoms with Crippen LogP contribution in [0.3, 0.4) is 0 Å². The first kappa shape index (κ1) is 23.8. The summed E-state index contributed by atoms with van der Waals surface area (Å²) in [4.78, 5) is 23.9. The summed E-state index contributed by atoms with van der Waals surface area (Å²) in [6.45, 7) is 2.36. The number of hydrogen-bond donors (Lipinski definition) is 2. The maximum Gasteiger partial charge on any atom is 0.416 e. The summed E-state index contributed by atoms with van der Waals surface area (Å²) < 4.78 is 43.5. The van der Waals surface area contributed by atoms with Gasteiger partial charge in [-0.05, 0) is 48.9 Å². The van der Waals surface area contributed by atoms with Gasteiger partial charge in [-0.2, -0.15) is 13.2 Å². The van der Waals surface area contributed by atoms with Gasteiger partial charge < -0.3 is 15.4 Å². The molecule has 0 unspecified atom stereocenters. The number of carbonyl (C=O) groups is 2. The smallest absolute Gasteiger partial charge is 0.416 e. The first-order chi connectivity index (χ1) is 14.8. The third-order valence-electron chi connectivity index (χ3n) is 4.09. The Labute approximate surface area is 179 Å². The number of rotatable bonds is 8. The molecular formula is C23H23F3N2O3. The fraction of sp³-hybridized carbons (Fsp3) is 0.304. The second-order valence-corrected chi connectivity index (χ2v) is 6.57. The molecule has 5 nitrogen and oxygen atoms in total. The van der Waals surface area contributed by atoms with E-state index in [9.17, 15) is 22.8 Å². The molecule has 0 aliphatic rings. The maximum atomic E-state index is 12.7. The van der Waals surface area contributed by atoms with Crippen LogP contribution in [0.15, 0.2) is 48.5 Å². The zero-order chi connectivity index (χ0) is 22.7. The number of hydrogen-bond acceptors (Lipinski definition) is 3. The number of halogens is 3. The van der Waals surface area contributed by atoms with Gasteiger partial charge in [-0.1, -0.05) is 31.3 Å². The van der Waals surface area contributed by atoms with Crippen molar-refractivity contribution in [3.8, 4) is 17.6 Å². The van der Waals surface area contributed by atoms with Crippen molar-refractivity contribution in [2.75, 3.05) is 19.7 Å². The highest BCUT2D eigenvalue weighted by atomic mass is 19.4. The normalized spacial score (nSPS) is 10.6. The number of amides is 2. The van der Waals surface area contributed by atoms with E-state index in [0.29, 0.717) is 17.9 Å². The Morgan fingerprint density at radius 3 is 2.48 bits per heavy atom. The molecule has 2 amide bonds. The van der Waals surface area contributed by atoms with Crippen LogP contribution in [0, 0.1) is 11.8 Å². The molecule has 0 heterocycles. The van der Waals surface area contributed by atoms with E-state index in [0.717, 1.165) is 25.0 Å². The Bertz CT molecular complexity index is 945. The Morgan fingerprint density at radius 1 is 1.06 bits per heavy atom. The second-order valence-electron chi connectivity index (χ2n) is 6.57. The van der Waals surface area contributed by atoms with Crippen LogP contribution in [0.2, 0.25) is 0 Å². The minimum Gasteiger partial charge on any atom is -0.494 e. The minimum absolute atomic E-state index is 0.0608. The van der Waals surface area contributed by atoms with Crippen molar-refractivity contribution in [1.29, 1.82) is 0 Å². The van der Waals surface area contributed by atoms with E-state index < -0.39 is 23.6 Å². The fourth-order valence-electron chi connectivity index (χ4n) is 2.42. The summed E-state index contributed by atoms with van der Waals surface area (Å²) in [5.41, 5.74) is -0.203. The lowest BCUT2D eigenvalue weighted by Crippen LogP contribution is -2.37. The molecule has 2 aromatic carbocycles. The van der Waals surface area contributed by atoms with Gasteiger partial charge in [-0.25, -0.2) is 0 Å². The van der Waals surface area contributed by atoms with Gasteiger partial charge in [0.25, 0.3) is 5.91 Å². The van der Waals surface area contributed by atoms with E-state index in [2.05, 4.69) is 29.4 Å². The quantitative estimate of drug-likeness (QED) is 0.493. The van der Waals surface area contributed by atoms with Gasteiger partial charge in [0.1, 0.15) is 5.75 Å². The molecule has 0 fully saturated rings. The number of alkyl halides is 3. The van der Waals surface area contributed by atoms with Crippen molar-refractivity contribution in [3.05, 3.63) is 65.2 Å². The lowest BCUT2D eigenvalue weighted by atomic mass is 10.1. The van der Waals surface area contributed by atoms with Crippen molar-refractivity contribution in [2.45, 2.75) is 25.9 Å². The number of unbranched alkanes of at least 4 members (excludes halogenated alkanes) is 1. The van der Waals surface area contributed by atoms with E-state index in [1.54, 1.807) is 24.3 Å². The predicted octanol–water partition coefficient (Wildman–Crippen LogP) is 3.78. The molecule has 0 bridgehead atoms. The first-order valence-corrected chi connectivity index (χ1v) is 9.73. The van der Waals surface area contributed by atoms with Crippen LogP contribution >= 0.6 is 0 Å². The standard InChI is InChI=1S/C23H23F3N2O3/c1-2-3-14-31-20-11-9-18(10-12-20)22(30)28-16-21(29)27-13-5-7-17-6-4-8-19(15-17)23(24,25)26/h4,6,8-12,15H,2-3,13-14,16H2,1H3,(H,27,29)(H,28,30). The Morgan fingerprint density at radius 2 is 1.81 bits per heavy atom. The lowest BCUT2D eigenvalue weighted by molar-refractivity contribution is -0.137. The van der Waals surface area contributed by atoms with E-state index >= 15 is 0 Å². The molecule has 2 N–H and O–H groups in total. The third kappa shape index (κ3) is 8.42. The van der Waals surface area contributed by atoms with E-state index in [1.807, 2.05) is 0 Å². The molecule has 0 aliphatic heterocycles. The van der Waals surface area contributed by atoms with Gasteiger partial charge >= 0.3 is 6.18 Å². The third-order valence-corrected chi connectivity index (χ3v) is 4.09. The molecule has 31 heavy (non-hydrogen) atoms. The Hall–Kier alpha value is -3.47. The van der Waals surface area contributed by atoms with Crippen molar-refractivity contribution in [2.24, 2.45) is 0 Å². The number of carbonyl (C=O) groups excluding carboxylic acids is 2. The van der Waals surface area contributed by atoms with Gasteiger partial charge in [0, 0.05) is 11.1 Å². The van der Waals surface area contributed by atoms with E-state index in [-0.39, 0.29) is 18.7 Å². The largest absolute Gasteiger partial charge is 0.494 e. The van der Waals surface area contributed by atoms with Crippen LogP contribution in [0.1, 0.15) is 41.3 Å². The zero-order valence-corrected chi connectivity index (χ0v) is 17.0. The molecule has 0 aliphatic carbocycles. The zero-order valence-electron chi connectivity index (χ0n) is 17.0. The minimum atomic E-state index is -4.44. The van der Waals surface area contributed by atoms with Crippen molar-refractivity contribution in [3.63, 3.8) is 0 Å². The van der Waals surface area contributed by atoms with E-state index in [1.165, 1.54) is 12.1 Å². The van der Waals surface area contributed by atoms with Crippen LogP contribution < -0.4 is 15.4 Å². The number of benzene rings is 2. The maximum absolute atomic E-state index is 12.7. The SMILES string of the molecule is CCCCOc1ccc(C(=O)NCC(=O)NCC#Cc2cccc(C(F)(F)F)c2)cc1. The lowest BCUT2D eigenvalue weighted by Gasteiger charge is -2.07. The monoisotopic (exact) mass is 432 g/mol. The van der Waals surface area contributed by atoms with Crippen LogP contribution in [0.5, 0.6) is 5.75 Å². The van der Waals surface area contributed by atoms with Crippen molar-refractivity contribution in [1.82, 2.24) is 10.6 Å². The predicted molar refractivity (Wildman–Crippen MR) is 111 cm³/mol. The molecule has 0 spiro atoms. The molecule has 2 rings (SSSR count). The van der Waals surface area contributed by atoms with Gasteiger partial charge in [0.15, 0.2) is 0 Å². The Balaban J connectivity index is 1.75. The Kier molecular flexibility index (Phi) is 8.94. The molecular weight excluding hydrogens is 409 g/mol. The molecule has 0 atom stereocenters. The van der Waals surface area contributed by atoms with Gasteiger partial charge in [-0.3, -0.25) is 9.59 Å². The van der Waals surface area contributed by atoms with Crippen LogP contribution in [0.25, 0.3) is 0 Å². The van der Waals surface area contributed by atoms with Crippen LogP contribution in [-0.4, -0.2) is 31.5 Å². The summed E-state index contributed by atoms with van der Waals surface area (Å²) in [6.07, 6.45) is -2.46. The van der Waals surface area contributed by atoms with Gasteiger partial charge in [-0.15, -0.1) is 0 Å². The average molecular weight is 432 g/mol. The molecule has 2 aromatic rings. The highest BCUT2D eigenvalue weighted by Gasteiger charge is 2.30. The fourth-order valence-corrected chi connectivity index (χ4v) is 2.42. The summed E-state index contributed by atoms with van der Waals surface area (Å²) >= 11 is 0. The second kappa shape index (κ2) is 11.6. The highest BCUT2D eigenvalue weighted by molar-refractivity contribution is 5.96. The molecule has 8 heteroatoms. The molecule has 0 aromatic heterocycles. The van der Waals surface area contributed by atoms with Gasteiger partial charge in [0.2, 0.25) is 5.91 Å². The topological polar surface area (TPSA) is 67.4 Å². The summed E-state index contributed by atoms with van der Waals surface area (Å²) in [7, 11) is 0. The first-order valence-electron chi connectivity index (χ1n) is 9.73. The summed E-state index contributed by atoms with van der Waals surface area (Å²) in [5.74, 6) is 4.93. The highest BCUT2D eigenvalue weighted by Crippen LogP contribution is 2.29. The summed E-state index contributed by atoms with van der Waals surface area (Å²) in [6, 6.07) is 11.2. The van der Waals surface area contributed by atoms with Crippen LogP contribution in [0.4, 0.5) is 13.2 Å². The molecule has 164 valence electrons. The van der Waals surface area contributed by atoms with Crippen molar-refractivity contribution < 1.29 is 27.5 Å². The molecule has 0 radical (unpaired) electrons. The van der Waals surface area contributed by atoms with Crippen LogP contribution in [-0.2, 0) is 11.0 Å².